The van der Waals surface area contributed by atoms with Crippen molar-refractivity contribution in [3.63, 3.8) is 0 Å². The van der Waals surface area contributed by atoms with Crippen molar-refractivity contribution in [2.45, 2.75) is 12.3 Å². The summed E-state index contributed by atoms with van der Waals surface area (Å²) >= 11 is 0. The third-order valence-corrected chi connectivity index (χ3v) is 4.46. The van der Waals surface area contributed by atoms with E-state index in [0.29, 0.717) is 47.6 Å². The molecule has 1 saturated heterocycles. The minimum absolute atomic E-state index is 0.0205. The van der Waals surface area contributed by atoms with E-state index >= 15 is 0 Å². The van der Waals surface area contributed by atoms with Crippen LogP contribution < -0.4 is 14.4 Å². The zero-order valence-electron chi connectivity index (χ0n) is 15.0. The molecule has 4 rings (SSSR count). The van der Waals surface area contributed by atoms with Crippen LogP contribution in [0.1, 0.15) is 18.2 Å². The van der Waals surface area contributed by atoms with Gasteiger partial charge in [-0.2, -0.15) is 4.98 Å². The fourth-order valence-corrected chi connectivity index (χ4v) is 3.07. The van der Waals surface area contributed by atoms with Crippen molar-refractivity contribution in [3.8, 4) is 23.0 Å². The molecule has 0 radical (unpaired) electrons. The van der Waals surface area contributed by atoms with Crippen molar-refractivity contribution >= 4 is 11.6 Å². The van der Waals surface area contributed by atoms with Crippen LogP contribution in [0.5, 0.6) is 11.5 Å². The molecule has 138 valence electrons. The second kappa shape index (κ2) is 7.06. The standard InChI is InChI=1S/C19H18N4O4/c1-25-14-8-13(9-15(10-14)26-2)23-11-12(7-17(23)24)19-21-18(22-27-19)16-5-3-4-6-20-16/h3-6,8-10,12H,7,11H2,1-2H3. The number of benzene rings is 1. The molecule has 8 nitrogen and oxygen atoms in total. The summed E-state index contributed by atoms with van der Waals surface area (Å²) in [5, 5.41) is 3.99. The van der Waals surface area contributed by atoms with Gasteiger partial charge < -0.3 is 18.9 Å². The van der Waals surface area contributed by atoms with Gasteiger partial charge in [0.1, 0.15) is 17.2 Å². The van der Waals surface area contributed by atoms with Crippen LogP contribution in [0.4, 0.5) is 5.69 Å². The van der Waals surface area contributed by atoms with Gasteiger partial charge in [0.25, 0.3) is 0 Å². The summed E-state index contributed by atoms with van der Waals surface area (Å²) in [6.45, 7) is 0.443. The fraction of sp³-hybridized carbons (Fsp3) is 0.263. The smallest absolute Gasteiger partial charge is 0.232 e. The number of carbonyl (C=O) groups excluding carboxylic acids is 1. The van der Waals surface area contributed by atoms with Crippen LogP contribution in [0, 0.1) is 0 Å². The summed E-state index contributed by atoms with van der Waals surface area (Å²) in [4.78, 5) is 22.9. The van der Waals surface area contributed by atoms with Crippen molar-refractivity contribution < 1.29 is 18.8 Å². The molecule has 1 aromatic carbocycles. The maximum Gasteiger partial charge on any atom is 0.232 e. The SMILES string of the molecule is COc1cc(OC)cc(N2CC(c3nc(-c4ccccn4)no3)CC2=O)c1. The van der Waals surface area contributed by atoms with Gasteiger partial charge in [0.15, 0.2) is 0 Å². The highest BCUT2D eigenvalue weighted by atomic mass is 16.5. The number of rotatable bonds is 5. The number of amides is 1. The van der Waals surface area contributed by atoms with E-state index in [1.54, 1.807) is 43.5 Å². The van der Waals surface area contributed by atoms with E-state index in [9.17, 15) is 4.79 Å². The summed E-state index contributed by atoms with van der Waals surface area (Å²) in [7, 11) is 3.15. The Balaban J connectivity index is 1.57. The molecular weight excluding hydrogens is 348 g/mol. The number of hydrogen-bond acceptors (Lipinski definition) is 7. The highest BCUT2D eigenvalue weighted by molar-refractivity contribution is 5.96. The molecule has 1 unspecified atom stereocenters. The molecule has 1 aliphatic rings. The minimum atomic E-state index is -0.181. The van der Waals surface area contributed by atoms with Crippen molar-refractivity contribution in [2.24, 2.45) is 0 Å². The van der Waals surface area contributed by atoms with Gasteiger partial charge >= 0.3 is 0 Å². The highest BCUT2D eigenvalue weighted by Gasteiger charge is 2.35. The number of carbonyl (C=O) groups is 1. The predicted molar refractivity (Wildman–Crippen MR) is 96.8 cm³/mol. The molecule has 0 bridgehead atoms. The second-order valence-electron chi connectivity index (χ2n) is 6.15. The lowest BCUT2D eigenvalue weighted by atomic mass is 10.1. The molecule has 0 aliphatic carbocycles. The lowest BCUT2D eigenvalue weighted by Gasteiger charge is -2.18. The number of anilines is 1. The van der Waals surface area contributed by atoms with Gasteiger partial charge in [-0.3, -0.25) is 9.78 Å². The van der Waals surface area contributed by atoms with Crippen LogP contribution in [0.15, 0.2) is 47.1 Å². The third-order valence-electron chi connectivity index (χ3n) is 4.46. The average molecular weight is 366 g/mol. The Morgan fingerprint density at radius 3 is 2.59 bits per heavy atom. The molecule has 0 spiro atoms. The third kappa shape index (κ3) is 3.33. The fourth-order valence-electron chi connectivity index (χ4n) is 3.07. The molecule has 3 aromatic rings. The van der Waals surface area contributed by atoms with E-state index in [-0.39, 0.29) is 11.8 Å². The van der Waals surface area contributed by atoms with Crippen LogP contribution in [0.25, 0.3) is 11.5 Å². The van der Waals surface area contributed by atoms with Crippen LogP contribution >= 0.6 is 0 Å². The summed E-state index contributed by atoms with van der Waals surface area (Å²) in [6, 6.07) is 10.9. The Kier molecular flexibility index (Phi) is 4.45. The number of pyridine rings is 1. The van der Waals surface area contributed by atoms with E-state index in [0.717, 1.165) is 0 Å². The zero-order chi connectivity index (χ0) is 18.8. The van der Waals surface area contributed by atoms with Crippen LogP contribution in [0.3, 0.4) is 0 Å². The first-order chi connectivity index (χ1) is 13.2. The van der Waals surface area contributed by atoms with Crippen molar-refractivity contribution in [1.82, 2.24) is 15.1 Å². The summed E-state index contributed by atoms with van der Waals surface area (Å²) < 4.78 is 16.0. The van der Waals surface area contributed by atoms with Gasteiger partial charge in [0, 0.05) is 37.4 Å². The maximum absolute atomic E-state index is 12.6. The van der Waals surface area contributed by atoms with E-state index < -0.39 is 0 Å². The Hall–Kier alpha value is -3.42. The molecule has 27 heavy (non-hydrogen) atoms. The number of aromatic nitrogens is 3. The highest BCUT2D eigenvalue weighted by Crippen LogP contribution is 2.35. The summed E-state index contributed by atoms with van der Waals surface area (Å²) in [6.07, 6.45) is 1.96. The molecule has 0 N–H and O–H groups in total. The number of hydrogen-bond donors (Lipinski definition) is 0. The van der Waals surface area contributed by atoms with Gasteiger partial charge in [-0.15, -0.1) is 0 Å². The maximum atomic E-state index is 12.6. The van der Waals surface area contributed by atoms with Gasteiger partial charge in [0.2, 0.25) is 17.6 Å². The lowest BCUT2D eigenvalue weighted by molar-refractivity contribution is -0.117. The van der Waals surface area contributed by atoms with Gasteiger partial charge in [-0.05, 0) is 12.1 Å². The zero-order valence-corrected chi connectivity index (χ0v) is 15.0. The molecule has 1 amide bonds. The van der Waals surface area contributed by atoms with Crippen LogP contribution in [0.2, 0.25) is 0 Å². The van der Waals surface area contributed by atoms with Crippen molar-refractivity contribution in [1.29, 1.82) is 0 Å². The first-order valence-electron chi connectivity index (χ1n) is 8.46. The molecule has 1 fully saturated rings. The largest absolute Gasteiger partial charge is 0.497 e. The van der Waals surface area contributed by atoms with Gasteiger partial charge in [-0.1, -0.05) is 11.2 Å². The summed E-state index contributed by atoms with van der Waals surface area (Å²) in [5.74, 6) is 1.89. The topological polar surface area (TPSA) is 90.6 Å². The first kappa shape index (κ1) is 17.0. The number of methoxy groups -OCH3 is 2. The number of nitrogens with zero attached hydrogens (tertiary/aromatic N) is 4. The Bertz CT molecular complexity index is 935. The normalized spacial score (nSPS) is 16.6. The van der Waals surface area contributed by atoms with Crippen LogP contribution in [-0.2, 0) is 4.79 Å². The molecule has 3 heterocycles. The quantitative estimate of drug-likeness (QED) is 0.685. The van der Waals surface area contributed by atoms with E-state index in [1.165, 1.54) is 0 Å². The Labute approximate surface area is 155 Å². The molecule has 0 saturated carbocycles. The number of ether oxygens (including phenoxy) is 2. The summed E-state index contributed by atoms with van der Waals surface area (Å²) in [5.41, 5.74) is 1.34. The molecule has 2 aromatic heterocycles. The minimum Gasteiger partial charge on any atom is -0.497 e. The Morgan fingerprint density at radius 2 is 1.93 bits per heavy atom. The lowest BCUT2D eigenvalue weighted by Crippen LogP contribution is -2.24. The monoisotopic (exact) mass is 366 g/mol. The van der Waals surface area contributed by atoms with Crippen LogP contribution in [-0.4, -0.2) is 41.8 Å². The van der Waals surface area contributed by atoms with Gasteiger partial charge in [0.05, 0.1) is 25.8 Å². The van der Waals surface area contributed by atoms with Crippen molar-refractivity contribution in [3.05, 3.63) is 48.5 Å². The molecular formula is C19H18N4O4. The van der Waals surface area contributed by atoms with Gasteiger partial charge in [-0.25, -0.2) is 0 Å². The van der Waals surface area contributed by atoms with E-state index in [2.05, 4.69) is 15.1 Å². The average Bonchev–Trinajstić information content (AvgIpc) is 3.35. The second-order valence-corrected chi connectivity index (χ2v) is 6.15. The van der Waals surface area contributed by atoms with E-state index in [4.69, 9.17) is 14.0 Å². The Morgan fingerprint density at radius 1 is 1.15 bits per heavy atom. The first-order valence-corrected chi connectivity index (χ1v) is 8.46. The molecule has 8 heteroatoms. The molecule has 1 aliphatic heterocycles. The molecule has 1 atom stereocenters. The predicted octanol–water partition coefficient (Wildman–Crippen LogP) is 2.67. The van der Waals surface area contributed by atoms with E-state index in [1.807, 2.05) is 18.2 Å². The van der Waals surface area contributed by atoms with Crippen molar-refractivity contribution in [2.75, 3.05) is 25.7 Å².